The van der Waals surface area contributed by atoms with E-state index in [1.807, 2.05) is 20.2 Å². The number of nitrogens with zero attached hydrogens (tertiary/aromatic N) is 3. The maximum Gasteiger partial charge on any atom is 0.273 e. The summed E-state index contributed by atoms with van der Waals surface area (Å²) < 4.78 is 5.94. The number of hydrogen-bond donors (Lipinski definition) is 4. The Kier molecular flexibility index (Phi) is 8.74. The molecule has 1 unspecified atom stereocenters. The molecule has 1 aliphatic rings. The van der Waals surface area contributed by atoms with Gasteiger partial charge in [-0.25, -0.2) is 9.97 Å². The predicted molar refractivity (Wildman–Crippen MR) is 136 cm³/mol. The van der Waals surface area contributed by atoms with Crippen LogP contribution in [-0.4, -0.2) is 73.6 Å². The Morgan fingerprint density at radius 1 is 1.14 bits per heavy atom. The van der Waals surface area contributed by atoms with Crippen molar-refractivity contribution in [3.05, 3.63) is 40.2 Å². The van der Waals surface area contributed by atoms with Crippen LogP contribution in [0, 0.1) is 0 Å². The van der Waals surface area contributed by atoms with Gasteiger partial charge in [0.2, 0.25) is 5.91 Å². The van der Waals surface area contributed by atoms with Gasteiger partial charge >= 0.3 is 0 Å². The van der Waals surface area contributed by atoms with E-state index in [0.29, 0.717) is 30.5 Å². The molecule has 0 aliphatic heterocycles. The number of nitrogens with two attached hydrogens (primary N) is 2. The highest BCUT2D eigenvalue weighted by Crippen LogP contribution is 2.35. The second-order valence-electron chi connectivity index (χ2n) is 9.48. The van der Waals surface area contributed by atoms with E-state index in [9.17, 15) is 9.59 Å². The molecular weight excluding hydrogens is 470 g/mol. The fourth-order valence-corrected chi connectivity index (χ4v) is 4.43. The average molecular weight is 505 g/mol. The van der Waals surface area contributed by atoms with Crippen molar-refractivity contribution in [2.75, 3.05) is 58.9 Å². The maximum absolute atomic E-state index is 12.6. The Morgan fingerprint density at radius 2 is 1.86 bits per heavy atom. The van der Waals surface area contributed by atoms with Gasteiger partial charge in [-0.3, -0.25) is 9.59 Å². The Hall–Kier alpha value is -3.11. The monoisotopic (exact) mass is 504 g/mol. The Morgan fingerprint density at radius 3 is 2.57 bits per heavy atom. The van der Waals surface area contributed by atoms with Crippen molar-refractivity contribution in [2.45, 2.75) is 31.6 Å². The van der Waals surface area contributed by atoms with Crippen LogP contribution in [-0.2, 0) is 11.2 Å². The number of halogens is 1. The molecule has 1 aromatic carbocycles. The first-order chi connectivity index (χ1) is 16.6. The van der Waals surface area contributed by atoms with Crippen LogP contribution in [0.25, 0.3) is 0 Å². The molecule has 1 atom stereocenters. The molecule has 35 heavy (non-hydrogen) atoms. The average Bonchev–Trinajstić information content (AvgIpc) is 2.80. The third-order valence-corrected chi connectivity index (χ3v) is 6.66. The predicted octanol–water partition coefficient (Wildman–Crippen LogP) is 1.74. The number of carbonyl (C=O) groups is 2. The number of quaternary nitrogens is 1. The SMILES string of the molecule is COc1ccc2c(c1)CCCC2CC(=O)NCC[N+](C)(C)CCNC(=O)c1nc(Cl)c(N)nc1N. The number of hydrogen-bond acceptors (Lipinski definition) is 7. The largest absolute Gasteiger partial charge is 0.497 e. The third kappa shape index (κ3) is 7.19. The zero-order chi connectivity index (χ0) is 25.6. The lowest BCUT2D eigenvalue weighted by Crippen LogP contribution is -2.49. The molecule has 6 N–H and O–H groups in total. The van der Waals surface area contributed by atoms with Gasteiger partial charge in [0.25, 0.3) is 5.91 Å². The van der Waals surface area contributed by atoms with Gasteiger partial charge in [0.1, 0.15) is 5.75 Å². The van der Waals surface area contributed by atoms with E-state index in [1.165, 1.54) is 11.1 Å². The minimum Gasteiger partial charge on any atom is -0.497 e. The van der Waals surface area contributed by atoms with E-state index in [4.69, 9.17) is 27.8 Å². The van der Waals surface area contributed by atoms with Gasteiger partial charge in [-0.15, -0.1) is 0 Å². The van der Waals surface area contributed by atoms with Crippen LogP contribution in [0.1, 0.15) is 46.8 Å². The topological polar surface area (TPSA) is 145 Å². The number of likely N-dealkylation sites (N-methyl/N-ethyl adjacent to an activating group) is 1. The van der Waals surface area contributed by atoms with E-state index >= 15 is 0 Å². The molecule has 11 heteroatoms. The minimum absolute atomic E-state index is 0.0199. The molecule has 3 rings (SSSR count). The number of rotatable bonds is 10. The van der Waals surface area contributed by atoms with E-state index < -0.39 is 5.91 Å². The molecule has 1 aliphatic carbocycles. The second kappa shape index (κ2) is 11.5. The lowest BCUT2D eigenvalue weighted by Gasteiger charge is -2.30. The molecule has 2 amide bonds. The van der Waals surface area contributed by atoms with Gasteiger partial charge in [0.15, 0.2) is 22.5 Å². The van der Waals surface area contributed by atoms with Crippen molar-refractivity contribution in [1.82, 2.24) is 20.6 Å². The zero-order valence-electron chi connectivity index (χ0n) is 20.6. The number of carbonyl (C=O) groups excluding carboxylic acids is 2. The van der Waals surface area contributed by atoms with Crippen molar-refractivity contribution >= 4 is 35.1 Å². The quantitative estimate of drug-likeness (QED) is 0.360. The van der Waals surface area contributed by atoms with Crippen LogP contribution in [0.4, 0.5) is 11.6 Å². The van der Waals surface area contributed by atoms with Crippen LogP contribution in [0.3, 0.4) is 0 Å². The highest BCUT2D eigenvalue weighted by atomic mass is 35.5. The molecule has 0 bridgehead atoms. The number of nitrogens with one attached hydrogen (secondary N) is 2. The summed E-state index contributed by atoms with van der Waals surface area (Å²) in [6.07, 6.45) is 3.60. The van der Waals surface area contributed by atoms with Crippen LogP contribution < -0.4 is 26.8 Å². The molecule has 10 nitrogen and oxygen atoms in total. The number of fused-ring (bicyclic) bond motifs is 1. The maximum atomic E-state index is 12.6. The highest BCUT2D eigenvalue weighted by molar-refractivity contribution is 6.31. The summed E-state index contributed by atoms with van der Waals surface area (Å²) in [5.41, 5.74) is 13.8. The molecule has 190 valence electrons. The van der Waals surface area contributed by atoms with Crippen LogP contribution in [0.15, 0.2) is 18.2 Å². The molecule has 0 saturated heterocycles. The molecule has 1 heterocycles. The Balaban J connectivity index is 1.42. The summed E-state index contributed by atoms with van der Waals surface area (Å²) in [6.45, 7) is 2.31. The first-order valence-electron chi connectivity index (χ1n) is 11.7. The van der Waals surface area contributed by atoms with Crippen molar-refractivity contribution in [3.8, 4) is 5.75 Å². The molecule has 2 aromatic rings. The zero-order valence-corrected chi connectivity index (χ0v) is 21.3. The standard InChI is InChI=1S/C24H34ClN7O3/c1-32(2,12-10-29-24(34)20-22(26)31-23(27)21(25)30-20)11-9-28-19(33)14-16-6-4-5-15-13-17(35-3)7-8-18(15)16/h7-8,13,16H,4-6,9-12,14H2,1-3H3,(H5-,26,27,28,29,31,33,34)/p+1. The molecule has 1 aromatic heterocycles. The summed E-state index contributed by atoms with van der Waals surface area (Å²) in [5, 5.41) is 5.77. The summed E-state index contributed by atoms with van der Waals surface area (Å²) in [5.74, 6) is 0.601. The molecule has 0 fully saturated rings. The molecule has 0 spiro atoms. The third-order valence-electron chi connectivity index (χ3n) is 6.38. The number of anilines is 2. The lowest BCUT2D eigenvalue weighted by atomic mass is 9.81. The van der Waals surface area contributed by atoms with Gasteiger partial charge in [-0.05, 0) is 48.4 Å². The van der Waals surface area contributed by atoms with E-state index in [1.54, 1.807) is 7.11 Å². The highest BCUT2D eigenvalue weighted by Gasteiger charge is 2.24. The lowest BCUT2D eigenvalue weighted by molar-refractivity contribution is -0.887. The normalized spacial score (nSPS) is 15.3. The summed E-state index contributed by atoms with van der Waals surface area (Å²) >= 11 is 5.84. The molecular formula is C24H35ClN7O3+. The fourth-order valence-electron chi connectivity index (χ4n) is 4.30. The van der Waals surface area contributed by atoms with Gasteiger partial charge < -0.3 is 31.3 Å². The van der Waals surface area contributed by atoms with Gasteiger partial charge in [-0.1, -0.05) is 17.7 Å². The number of ether oxygens (including phenoxy) is 1. The van der Waals surface area contributed by atoms with E-state index in [-0.39, 0.29) is 34.3 Å². The number of aromatic nitrogens is 2. The number of nitrogen functional groups attached to an aromatic ring is 2. The minimum atomic E-state index is -0.462. The number of methoxy groups -OCH3 is 1. The van der Waals surface area contributed by atoms with E-state index in [0.717, 1.165) is 31.6 Å². The number of benzene rings is 1. The van der Waals surface area contributed by atoms with Crippen LogP contribution in [0.2, 0.25) is 5.15 Å². The summed E-state index contributed by atoms with van der Waals surface area (Å²) in [6, 6.07) is 6.15. The van der Waals surface area contributed by atoms with Gasteiger partial charge in [0, 0.05) is 6.42 Å². The first kappa shape index (κ1) is 26.5. The molecule has 0 radical (unpaired) electrons. The number of aryl methyl sites for hydroxylation is 1. The smallest absolute Gasteiger partial charge is 0.273 e. The van der Waals surface area contributed by atoms with Gasteiger partial charge in [-0.2, -0.15) is 0 Å². The summed E-state index contributed by atoms with van der Waals surface area (Å²) in [4.78, 5) is 32.7. The fraction of sp³-hybridized carbons (Fsp3) is 0.500. The van der Waals surface area contributed by atoms with Crippen molar-refractivity contribution < 1.29 is 18.8 Å². The van der Waals surface area contributed by atoms with Crippen LogP contribution in [0.5, 0.6) is 5.75 Å². The Bertz CT molecular complexity index is 1080. The van der Waals surface area contributed by atoms with Crippen molar-refractivity contribution in [2.24, 2.45) is 0 Å². The summed E-state index contributed by atoms with van der Waals surface area (Å²) in [7, 11) is 5.75. The Labute approximate surface area is 211 Å². The van der Waals surface area contributed by atoms with Crippen LogP contribution >= 0.6 is 11.6 Å². The van der Waals surface area contributed by atoms with E-state index in [2.05, 4.69) is 32.7 Å². The molecule has 0 saturated carbocycles. The van der Waals surface area contributed by atoms with Gasteiger partial charge in [0.05, 0.1) is 47.4 Å². The van der Waals surface area contributed by atoms with Crippen molar-refractivity contribution in [1.29, 1.82) is 0 Å². The second-order valence-corrected chi connectivity index (χ2v) is 9.84. The van der Waals surface area contributed by atoms with Crippen molar-refractivity contribution in [3.63, 3.8) is 0 Å². The first-order valence-corrected chi connectivity index (χ1v) is 12.1. The number of amides is 2.